The molecule has 3 atom stereocenters. The molecule has 2 nitrogen and oxygen atoms in total. The maximum absolute atomic E-state index is 12.8. The van der Waals surface area contributed by atoms with Gasteiger partial charge in [-0.05, 0) is 13.3 Å². The van der Waals surface area contributed by atoms with Crippen LogP contribution in [0.5, 0.6) is 0 Å². The topological polar surface area (TPSA) is 37.3 Å². The zero-order chi connectivity index (χ0) is 11.1. The summed E-state index contributed by atoms with van der Waals surface area (Å²) in [5.74, 6) is 0. The van der Waals surface area contributed by atoms with Crippen molar-refractivity contribution in [3.63, 3.8) is 0 Å². The Labute approximate surface area is 98.2 Å². The first-order valence-electron chi connectivity index (χ1n) is 4.98. The lowest BCUT2D eigenvalue weighted by Crippen LogP contribution is -2.30. The Morgan fingerprint density at radius 3 is 2.53 bits per heavy atom. The van der Waals surface area contributed by atoms with Gasteiger partial charge in [0, 0.05) is 11.5 Å². The van der Waals surface area contributed by atoms with Crippen LogP contribution in [0.25, 0.3) is 0 Å². The Kier molecular flexibility index (Phi) is 2.83. The van der Waals surface area contributed by atoms with Crippen molar-refractivity contribution in [3.05, 3.63) is 30.3 Å². The molecule has 0 unspecified atom stereocenters. The van der Waals surface area contributed by atoms with E-state index in [1.54, 1.807) is 6.92 Å². The van der Waals surface area contributed by atoms with Gasteiger partial charge in [0.2, 0.25) is 0 Å². The predicted octanol–water partition coefficient (Wildman–Crippen LogP) is 2.55. The van der Waals surface area contributed by atoms with E-state index in [0.29, 0.717) is 12.6 Å². The molecule has 1 fully saturated rings. The number of hydrogen-bond donors (Lipinski definition) is 1. The molecule has 0 amide bonds. The van der Waals surface area contributed by atoms with Crippen molar-refractivity contribution in [1.82, 2.24) is 0 Å². The average Bonchev–Trinajstić information content (AvgIpc) is 2.45. The van der Waals surface area contributed by atoms with Crippen LogP contribution in [-0.2, 0) is 4.57 Å². The van der Waals surface area contributed by atoms with Gasteiger partial charge >= 0.3 is 0 Å². The summed E-state index contributed by atoms with van der Waals surface area (Å²) in [5, 5.41) is 10.9. The second-order valence-electron chi connectivity index (χ2n) is 4.30. The van der Waals surface area contributed by atoms with Crippen molar-refractivity contribution in [2.45, 2.75) is 23.5 Å². The summed E-state index contributed by atoms with van der Waals surface area (Å²) in [5.41, 5.74) is -0.856. The Morgan fingerprint density at radius 1 is 1.47 bits per heavy atom. The van der Waals surface area contributed by atoms with E-state index in [1.165, 1.54) is 0 Å². The molecule has 0 aliphatic carbocycles. The van der Waals surface area contributed by atoms with Crippen molar-refractivity contribution >= 4 is 28.4 Å². The van der Waals surface area contributed by atoms with E-state index in [2.05, 4.69) is 15.9 Å². The summed E-state index contributed by atoms with van der Waals surface area (Å²) >= 11 is 3.41. The molecule has 1 aliphatic heterocycles. The number of hydrogen-bond acceptors (Lipinski definition) is 2. The highest BCUT2D eigenvalue weighted by Gasteiger charge is 2.50. The van der Waals surface area contributed by atoms with Crippen molar-refractivity contribution in [1.29, 1.82) is 0 Å². The van der Waals surface area contributed by atoms with Crippen molar-refractivity contribution in [3.8, 4) is 0 Å². The lowest BCUT2D eigenvalue weighted by Gasteiger charge is -2.24. The zero-order valence-electron chi connectivity index (χ0n) is 8.56. The fourth-order valence-electron chi connectivity index (χ4n) is 2.01. The smallest absolute Gasteiger partial charge is 0.131 e. The summed E-state index contributed by atoms with van der Waals surface area (Å²) in [7, 11) is -2.47. The summed E-state index contributed by atoms with van der Waals surface area (Å²) in [6.45, 7) is 1.75. The van der Waals surface area contributed by atoms with Gasteiger partial charge in [-0.15, -0.1) is 0 Å². The molecule has 0 spiro atoms. The first-order chi connectivity index (χ1) is 6.97. The zero-order valence-corrected chi connectivity index (χ0v) is 11.0. The maximum atomic E-state index is 12.8. The second kappa shape index (κ2) is 3.73. The summed E-state index contributed by atoms with van der Waals surface area (Å²) in [6, 6.07) is 9.46. The SMILES string of the molecule is C[C@@]1(O)CC[P@](=O)(c2ccccc2)[C@H]1Br. The molecule has 15 heavy (non-hydrogen) atoms. The number of benzene rings is 1. The Hall–Kier alpha value is -0.110. The number of rotatable bonds is 1. The lowest BCUT2D eigenvalue weighted by molar-refractivity contribution is 0.0820. The van der Waals surface area contributed by atoms with Crippen LogP contribution in [0.4, 0.5) is 0 Å². The van der Waals surface area contributed by atoms with Crippen LogP contribution in [-0.4, -0.2) is 21.4 Å². The van der Waals surface area contributed by atoms with Crippen molar-refractivity contribution in [2.24, 2.45) is 0 Å². The monoisotopic (exact) mass is 288 g/mol. The highest BCUT2D eigenvalue weighted by molar-refractivity contribution is 9.11. The van der Waals surface area contributed by atoms with Gasteiger partial charge in [0.25, 0.3) is 0 Å². The Balaban J connectivity index is 2.42. The van der Waals surface area contributed by atoms with Gasteiger partial charge in [-0.1, -0.05) is 46.3 Å². The minimum absolute atomic E-state index is 0.320. The summed E-state index contributed by atoms with van der Waals surface area (Å²) < 4.78 is 12.4. The highest BCUT2D eigenvalue weighted by Crippen LogP contribution is 2.62. The van der Waals surface area contributed by atoms with Crippen LogP contribution >= 0.6 is 23.1 Å². The van der Waals surface area contributed by atoms with Crippen molar-refractivity contribution < 1.29 is 9.67 Å². The standard InChI is InChI=1S/C11H14BrO2P/c1-11(13)7-8-15(14,10(11)12)9-5-3-2-4-6-9/h2-6,10,13H,7-8H2,1H3/t10-,11-,15+/m1/s1. The largest absolute Gasteiger partial charge is 0.388 e. The van der Waals surface area contributed by atoms with Gasteiger partial charge in [-0.3, -0.25) is 0 Å². The molecule has 1 aliphatic rings. The molecule has 82 valence electrons. The van der Waals surface area contributed by atoms with Gasteiger partial charge in [0.1, 0.15) is 11.7 Å². The lowest BCUT2D eigenvalue weighted by atomic mass is 10.1. The van der Waals surface area contributed by atoms with E-state index in [0.717, 1.165) is 5.30 Å². The fraction of sp³-hybridized carbons (Fsp3) is 0.455. The Morgan fingerprint density at radius 2 is 2.07 bits per heavy atom. The molecular formula is C11H14BrO2P. The normalized spacial score (nSPS) is 40.6. The summed E-state index contributed by atoms with van der Waals surface area (Å²) in [4.78, 5) is 0. The maximum Gasteiger partial charge on any atom is 0.131 e. The third-order valence-electron chi connectivity index (χ3n) is 3.02. The van der Waals surface area contributed by atoms with E-state index in [-0.39, 0.29) is 4.57 Å². The molecule has 4 heteroatoms. The van der Waals surface area contributed by atoms with E-state index < -0.39 is 12.7 Å². The van der Waals surface area contributed by atoms with Gasteiger partial charge < -0.3 is 9.67 Å². The van der Waals surface area contributed by atoms with Crippen LogP contribution in [0.1, 0.15) is 13.3 Å². The summed E-state index contributed by atoms with van der Waals surface area (Å²) in [6.07, 6.45) is 1.18. The second-order valence-corrected chi connectivity index (χ2v) is 8.99. The van der Waals surface area contributed by atoms with Crippen LogP contribution in [0, 0.1) is 0 Å². The highest BCUT2D eigenvalue weighted by atomic mass is 79.9. The molecule has 0 aromatic heterocycles. The third-order valence-corrected chi connectivity index (χ3v) is 9.34. The molecule has 1 aromatic rings. The van der Waals surface area contributed by atoms with Crippen LogP contribution in [0.3, 0.4) is 0 Å². The minimum atomic E-state index is -2.47. The number of alkyl halides is 1. The molecule has 1 saturated heterocycles. The molecule has 0 bridgehead atoms. The first kappa shape index (κ1) is 11.4. The quantitative estimate of drug-likeness (QED) is 0.637. The van der Waals surface area contributed by atoms with E-state index in [1.807, 2.05) is 30.3 Å². The van der Waals surface area contributed by atoms with Gasteiger partial charge in [0.15, 0.2) is 0 Å². The number of aliphatic hydroxyl groups is 1. The molecule has 1 aromatic carbocycles. The van der Waals surface area contributed by atoms with Gasteiger partial charge in [0.05, 0.1) is 5.60 Å². The molecule has 1 N–H and O–H groups in total. The average molecular weight is 289 g/mol. The Bertz CT molecular complexity index is 402. The molecule has 1 heterocycles. The van der Waals surface area contributed by atoms with Crippen LogP contribution < -0.4 is 5.30 Å². The van der Waals surface area contributed by atoms with Gasteiger partial charge in [-0.2, -0.15) is 0 Å². The number of halogens is 1. The molecular weight excluding hydrogens is 275 g/mol. The van der Waals surface area contributed by atoms with E-state index >= 15 is 0 Å². The third kappa shape index (κ3) is 1.82. The molecule has 2 rings (SSSR count). The van der Waals surface area contributed by atoms with Crippen LogP contribution in [0.15, 0.2) is 30.3 Å². The van der Waals surface area contributed by atoms with Gasteiger partial charge in [-0.25, -0.2) is 0 Å². The predicted molar refractivity (Wildman–Crippen MR) is 66.5 cm³/mol. The molecule has 0 saturated carbocycles. The van der Waals surface area contributed by atoms with Crippen LogP contribution in [0.2, 0.25) is 0 Å². The van der Waals surface area contributed by atoms with E-state index in [9.17, 15) is 9.67 Å². The first-order valence-corrected chi connectivity index (χ1v) is 7.85. The van der Waals surface area contributed by atoms with E-state index in [4.69, 9.17) is 0 Å². The van der Waals surface area contributed by atoms with Crippen molar-refractivity contribution in [2.75, 3.05) is 6.16 Å². The minimum Gasteiger partial charge on any atom is -0.388 e. The fourth-order valence-corrected chi connectivity index (χ4v) is 6.80. The molecule has 0 radical (unpaired) electrons.